The highest BCUT2D eigenvalue weighted by atomic mass is 32.1. The van der Waals surface area contributed by atoms with Crippen LogP contribution in [0.1, 0.15) is 16.2 Å². The fourth-order valence-corrected chi connectivity index (χ4v) is 4.55. The van der Waals surface area contributed by atoms with Crippen LogP contribution in [0, 0.1) is 6.92 Å². The molecule has 0 spiro atoms. The largest absolute Gasteiger partial charge is 0.486 e. The van der Waals surface area contributed by atoms with Crippen molar-refractivity contribution >= 4 is 11.3 Å². The van der Waals surface area contributed by atoms with Gasteiger partial charge in [0.15, 0.2) is 5.75 Å². The number of hydrogen-bond donors (Lipinski definition) is 0. The minimum absolute atomic E-state index is 0.259. The molecule has 0 unspecified atom stereocenters. The van der Waals surface area contributed by atoms with E-state index in [4.69, 9.17) is 4.74 Å². The first-order chi connectivity index (χ1) is 11.3. The molecule has 2 aliphatic heterocycles. The first-order valence-corrected chi connectivity index (χ1v) is 9.01. The maximum Gasteiger partial charge on any atom is 0.156 e. The van der Waals surface area contributed by atoms with Gasteiger partial charge in [0.05, 0.1) is 12.4 Å². The van der Waals surface area contributed by atoms with Crippen LogP contribution in [-0.4, -0.2) is 58.1 Å². The van der Waals surface area contributed by atoms with Gasteiger partial charge in [-0.25, -0.2) is 9.97 Å². The fraction of sp³-hybridized carbons (Fsp3) is 0.529. The summed E-state index contributed by atoms with van der Waals surface area (Å²) < 4.78 is 6.04. The number of hydrogen-bond acceptors (Lipinski definition) is 6. The topological polar surface area (TPSA) is 41.5 Å². The zero-order valence-electron chi connectivity index (χ0n) is 13.4. The summed E-state index contributed by atoms with van der Waals surface area (Å²) >= 11 is 1.92. The van der Waals surface area contributed by atoms with Gasteiger partial charge in [0.1, 0.15) is 12.4 Å². The lowest BCUT2D eigenvalue weighted by Crippen LogP contribution is -2.49. The maximum atomic E-state index is 6.04. The molecule has 23 heavy (non-hydrogen) atoms. The number of fused-ring (bicyclic) bond motifs is 1. The third kappa shape index (κ3) is 3.54. The summed E-state index contributed by atoms with van der Waals surface area (Å²) in [6.07, 6.45) is 6.38. The monoisotopic (exact) mass is 330 g/mol. The Morgan fingerprint density at radius 2 is 2.09 bits per heavy atom. The molecule has 0 bridgehead atoms. The number of piperazine rings is 1. The van der Waals surface area contributed by atoms with Crippen LogP contribution in [0.2, 0.25) is 0 Å². The summed E-state index contributed by atoms with van der Waals surface area (Å²) in [7, 11) is 0. The molecule has 4 rings (SSSR count). The van der Waals surface area contributed by atoms with Gasteiger partial charge in [0, 0.05) is 54.9 Å². The molecule has 5 nitrogen and oxygen atoms in total. The highest BCUT2D eigenvalue weighted by molar-refractivity contribution is 7.11. The van der Waals surface area contributed by atoms with Gasteiger partial charge in [0.25, 0.3) is 0 Å². The summed E-state index contributed by atoms with van der Waals surface area (Å²) in [5.41, 5.74) is 0. The van der Waals surface area contributed by atoms with E-state index < -0.39 is 0 Å². The second-order valence-electron chi connectivity index (χ2n) is 6.45. The molecule has 2 aromatic rings. The van der Waals surface area contributed by atoms with Gasteiger partial charge < -0.3 is 4.74 Å². The Morgan fingerprint density at radius 1 is 1.22 bits per heavy atom. The molecule has 0 saturated carbocycles. The second-order valence-corrected chi connectivity index (χ2v) is 7.82. The summed E-state index contributed by atoms with van der Waals surface area (Å²) in [6.45, 7) is 7.71. The molecule has 2 aromatic heterocycles. The molecule has 0 N–H and O–H groups in total. The van der Waals surface area contributed by atoms with E-state index in [0.29, 0.717) is 6.04 Å². The van der Waals surface area contributed by atoms with Crippen LogP contribution in [0.4, 0.5) is 0 Å². The molecule has 2 fully saturated rings. The molecule has 2 aliphatic rings. The van der Waals surface area contributed by atoms with Crippen LogP contribution < -0.4 is 4.74 Å². The van der Waals surface area contributed by atoms with Crippen LogP contribution in [0.25, 0.3) is 0 Å². The molecule has 0 aromatic carbocycles. The molecule has 4 heterocycles. The van der Waals surface area contributed by atoms with E-state index in [0.717, 1.165) is 44.9 Å². The average molecular weight is 330 g/mol. The predicted octanol–water partition coefficient (Wildman–Crippen LogP) is 2.18. The second kappa shape index (κ2) is 6.55. The van der Waals surface area contributed by atoms with E-state index in [2.05, 4.69) is 38.8 Å². The molecule has 0 radical (unpaired) electrons. The number of ether oxygens (including phenoxy) is 1. The van der Waals surface area contributed by atoms with E-state index in [-0.39, 0.29) is 6.10 Å². The van der Waals surface area contributed by atoms with Gasteiger partial charge in [-0.05, 0) is 19.1 Å². The van der Waals surface area contributed by atoms with Crippen LogP contribution in [0.15, 0.2) is 30.9 Å². The number of aryl methyl sites for hydroxylation is 1. The fourth-order valence-electron chi connectivity index (χ4n) is 3.62. The molecule has 2 saturated heterocycles. The first kappa shape index (κ1) is 15.1. The van der Waals surface area contributed by atoms with Gasteiger partial charge in [-0.3, -0.25) is 9.80 Å². The minimum Gasteiger partial charge on any atom is -0.486 e. The highest BCUT2D eigenvalue weighted by Crippen LogP contribution is 2.27. The smallest absolute Gasteiger partial charge is 0.156 e. The van der Waals surface area contributed by atoms with Crippen molar-refractivity contribution in [1.29, 1.82) is 0 Å². The van der Waals surface area contributed by atoms with Crippen molar-refractivity contribution in [2.75, 3.05) is 26.2 Å². The number of thiophene rings is 1. The lowest BCUT2D eigenvalue weighted by Gasteiger charge is -2.36. The van der Waals surface area contributed by atoms with Crippen molar-refractivity contribution < 1.29 is 4.74 Å². The Bertz CT molecular complexity index is 647. The Morgan fingerprint density at radius 3 is 2.87 bits per heavy atom. The van der Waals surface area contributed by atoms with Gasteiger partial charge >= 0.3 is 0 Å². The van der Waals surface area contributed by atoms with Crippen molar-refractivity contribution in [1.82, 2.24) is 19.8 Å². The SMILES string of the molecule is Cc1ccc(CN2CCN3C[C@@H](Oc4cncnc4)C[C@H]3C2)s1. The lowest BCUT2D eigenvalue weighted by atomic mass is 10.1. The zero-order valence-corrected chi connectivity index (χ0v) is 14.2. The molecule has 0 aliphatic carbocycles. The third-order valence-corrected chi connectivity index (χ3v) is 5.66. The highest BCUT2D eigenvalue weighted by Gasteiger charge is 2.37. The predicted molar refractivity (Wildman–Crippen MR) is 90.8 cm³/mol. The van der Waals surface area contributed by atoms with Gasteiger partial charge in [-0.2, -0.15) is 0 Å². The lowest BCUT2D eigenvalue weighted by molar-refractivity contribution is 0.0985. The summed E-state index contributed by atoms with van der Waals surface area (Å²) in [5.74, 6) is 0.781. The molecular formula is C17H22N4OS. The Kier molecular flexibility index (Phi) is 4.29. The van der Waals surface area contributed by atoms with Crippen LogP contribution in [0.5, 0.6) is 5.75 Å². The Labute approximate surface area is 140 Å². The Balaban J connectivity index is 1.33. The number of nitrogens with zero attached hydrogens (tertiary/aromatic N) is 4. The third-order valence-electron chi connectivity index (χ3n) is 4.68. The van der Waals surface area contributed by atoms with Gasteiger partial charge in [-0.15, -0.1) is 11.3 Å². The number of aromatic nitrogens is 2. The average Bonchev–Trinajstić information content (AvgIpc) is 3.13. The molecule has 2 atom stereocenters. The Hall–Kier alpha value is -1.50. The van der Waals surface area contributed by atoms with E-state index in [1.165, 1.54) is 16.1 Å². The van der Waals surface area contributed by atoms with Gasteiger partial charge in [0.2, 0.25) is 0 Å². The number of rotatable bonds is 4. The molecular weight excluding hydrogens is 308 g/mol. The normalized spacial score (nSPS) is 25.4. The van der Waals surface area contributed by atoms with Crippen molar-refractivity contribution in [3.63, 3.8) is 0 Å². The standard InChI is InChI=1S/C17H22N4OS/c1-13-2-3-17(23-13)11-20-4-5-21-10-15(6-14(21)9-20)22-16-7-18-12-19-8-16/h2-3,7-8,12,14-15H,4-6,9-11H2,1H3/t14-,15-/m0/s1. The van der Waals surface area contributed by atoms with Crippen molar-refractivity contribution in [2.24, 2.45) is 0 Å². The van der Waals surface area contributed by atoms with Crippen LogP contribution in [-0.2, 0) is 6.54 Å². The van der Waals surface area contributed by atoms with E-state index in [1.54, 1.807) is 12.4 Å². The zero-order chi connectivity index (χ0) is 15.6. The van der Waals surface area contributed by atoms with E-state index in [9.17, 15) is 0 Å². The quantitative estimate of drug-likeness (QED) is 0.859. The molecule has 122 valence electrons. The van der Waals surface area contributed by atoms with Crippen LogP contribution >= 0.6 is 11.3 Å². The van der Waals surface area contributed by atoms with Crippen molar-refractivity contribution in [2.45, 2.75) is 32.0 Å². The molecule has 6 heteroatoms. The van der Waals surface area contributed by atoms with E-state index >= 15 is 0 Å². The van der Waals surface area contributed by atoms with E-state index in [1.807, 2.05) is 11.3 Å². The summed E-state index contributed by atoms with van der Waals surface area (Å²) in [6, 6.07) is 5.10. The van der Waals surface area contributed by atoms with Crippen molar-refractivity contribution in [3.05, 3.63) is 40.6 Å². The molecule has 0 amide bonds. The first-order valence-electron chi connectivity index (χ1n) is 8.19. The van der Waals surface area contributed by atoms with Crippen LogP contribution in [0.3, 0.4) is 0 Å². The van der Waals surface area contributed by atoms with Gasteiger partial charge in [-0.1, -0.05) is 0 Å². The maximum absolute atomic E-state index is 6.04. The summed E-state index contributed by atoms with van der Waals surface area (Å²) in [4.78, 5) is 16.1. The van der Waals surface area contributed by atoms with Crippen molar-refractivity contribution in [3.8, 4) is 5.75 Å². The minimum atomic E-state index is 0.259. The summed E-state index contributed by atoms with van der Waals surface area (Å²) in [5, 5.41) is 0.